The van der Waals surface area contributed by atoms with E-state index < -0.39 is 0 Å². The van der Waals surface area contributed by atoms with Gasteiger partial charge in [-0.05, 0) is 62.2 Å². The fraction of sp³-hybridized carbons (Fsp3) is 0.370. The first-order chi connectivity index (χ1) is 17.0. The van der Waals surface area contributed by atoms with E-state index in [9.17, 15) is 4.79 Å². The molecule has 1 saturated heterocycles. The highest BCUT2D eigenvalue weighted by Crippen LogP contribution is 2.33. The van der Waals surface area contributed by atoms with E-state index in [1.807, 2.05) is 61.3 Å². The van der Waals surface area contributed by atoms with Gasteiger partial charge in [0.2, 0.25) is 11.9 Å². The Morgan fingerprint density at radius 2 is 1.80 bits per heavy atom. The molecule has 182 valence electrons. The molecule has 1 N–H and O–H groups in total. The van der Waals surface area contributed by atoms with Crippen molar-refractivity contribution in [3.8, 4) is 5.75 Å². The molecule has 0 aliphatic carbocycles. The lowest BCUT2D eigenvalue weighted by Gasteiger charge is -2.27. The Morgan fingerprint density at radius 1 is 1.06 bits per heavy atom. The predicted octanol–water partition coefficient (Wildman–Crippen LogP) is 4.10. The van der Waals surface area contributed by atoms with Gasteiger partial charge in [-0.3, -0.25) is 4.79 Å². The molecule has 0 bridgehead atoms. The summed E-state index contributed by atoms with van der Waals surface area (Å²) in [4.78, 5) is 26.0. The van der Waals surface area contributed by atoms with Crippen LogP contribution in [0.4, 0.5) is 23.1 Å². The number of carbonyl (C=O) groups excluding carboxylic acids is 1. The van der Waals surface area contributed by atoms with Crippen LogP contribution in [0.1, 0.15) is 25.0 Å². The molecule has 0 atom stereocenters. The van der Waals surface area contributed by atoms with Crippen molar-refractivity contribution < 1.29 is 14.3 Å². The van der Waals surface area contributed by atoms with E-state index in [2.05, 4.69) is 27.3 Å². The minimum absolute atomic E-state index is 0.138. The largest absolute Gasteiger partial charge is 0.491 e. The Morgan fingerprint density at radius 3 is 2.51 bits per heavy atom. The highest BCUT2D eigenvalue weighted by molar-refractivity contribution is 5.79. The van der Waals surface area contributed by atoms with Crippen LogP contribution in [0.2, 0.25) is 0 Å². The van der Waals surface area contributed by atoms with Crippen molar-refractivity contribution in [2.24, 2.45) is 0 Å². The molecule has 2 aromatic carbocycles. The van der Waals surface area contributed by atoms with E-state index in [1.165, 1.54) is 0 Å². The Hall–Kier alpha value is -3.65. The number of morpholine rings is 1. The van der Waals surface area contributed by atoms with Gasteiger partial charge in [-0.1, -0.05) is 12.1 Å². The first kappa shape index (κ1) is 23.1. The second-order valence-electron chi connectivity index (χ2n) is 9.10. The molecule has 8 nitrogen and oxygen atoms in total. The number of carbonyl (C=O) groups is 1. The van der Waals surface area contributed by atoms with Gasteiger partial charge in [-0.2, -0.15) is 4.98 Å². The number of nitrogens with zero attached hydrogens (tertiary/aromatic N) is 4. The average Bonchev–Trinajstić information content (AvgIpc) is 3.29. The van der Waals surface area contributed by atoms with Crippen LogP contribution in [-0.4, -0.2) is 59.7 Å². The van der Waals surface area contributed by atoms with Gasteiger partial charge in [0, 0.05) is 42.8 Å². The SMILES string of the molecule is CC(C)Oc1ccc(Nc2ncc3c(n2)N(c2ccc(CC(=O)N4CCOCC4)cc2)CC3)cc1. The Balaban J connectivity index is 1.26. The van der Waals surface area contributed by atoms with Gasteiger partial charge in [0.05, 0.1) is 25.7 Å². The first-order valence-corrected chi connectivity index (χ1v) is 12.2. The van der Waals surface area contributed by atoms with E-state index in [0.717, 1.165) is 47.0 Å². The standard InChI is InChI=1S/C27H31N5O3/c1-19(2)35-24-9-5-22(6-10-24)29-27-28-18-21-11-12-32(26(21)30-27)23-7-3-20(4-8-23)17-25(33)31-13-15-34-16-14-31/h3-10,18-19H,11-17H2,1-2H3,(H,28,29,30). The number of nitrogens with one attached hydrogen (secondary N) is 1. The van der Waals surface area contributed by atoms with E-state index in [1.54, 1.807) is 0 Å². The lowest BCUT2D eigenvalue weighted by molar-refractivity contribution is -0.134. The third kappa shape index (κ3) is 5.54. The monoisotopic (exact) mass is 473 g/mol. The highest BCUT2D eigenvalue weighted by Gasteiger charge is 2.24. The third-order valence-corrected chi connectivity index (χ3v) is 6.15. The lowest BCUT2D eigenvalue weighted by atomic mass is 10.1. The number of aromatic nitrogens is 2. The van der Waals surface area contributed by atoms with E-state index in [-0.39, 0.29) is 12.0 Å². The molecule has 3 aromatic rings. The number of ether oxygens (including phenoxy) is 2. The summed E-state index contributed by atoms with van der Waals surface area (Å²) in [5.41, 5.74) is 4.11. The van der Waals surface area contributed by atoms with Gasteiger partial charge >= 0.3 is 0 Å². The Bertz CT molecular complexity index is 1160. The third-order valence-electron chi connectivity index (χ3n) is 6.15. The first-order valence-electron chi connectivity index (χ1n) is 12.2. The van der Waals surface area contributed by atoms with E-state index in [4.69, 9.17) is 14.5 Å². The molecule has 0 radical (unpaired) electrons. The number of hydrogen-bond acceptors (Lipinski definition) is 7. The second-order valence-corrected chi connectivity index (χ2v) is 9.10. The van der Waals surface area contributed by atoms with Crippen LogP contribution in [0.3, 0.4) is 0 Å². The topological polar surface area (TPSA) is 79.8 Å². The average molecular weight is 474 g/mol. The molecule has 35 heavy (non-hydrogen) atoms. The summed E-state index contributed by atoms with van der Waals surface area (Å²) in [6, 6.07) is 16.0. The van der Waals surface area contributed by atoms with Crippen LogP contribution >= 0.6 is 0 Å². The fourth-order valence-corrected chi connectivity index (χ4v) is 4.37. The Kier molecular flexibility index (Phi) is 6.81. The molecule has 0 saturated carbocycles. The summed E-state index contributed by atoms with van der Waals surface area (Å²) in [5.74, 6) is 2.46. The molecule has 2 aliphatic rings. The number of amides is 1. The molecule has 0 spiro atoms. The number of hydrogen-bond donors (Lipinski definition) is 1. The molecule has 1 aromatic heterocycles. The van der Waals surface area contributed by atoms with Crippen molar-refractivity contribution >= 4 is 29.0 Å². The van der Waals surface area contributed by atoms with Gasteiger partial charge in [0.15, 0.2) is 0 Å². The lowest BCUT2D eigenvalue weighted by Crippen LogP contribution is -2.41. The molecular formula is C27H31N5O3. The predicted molar refractivity (Wildman–Crippen MR) is 136 cm³/mol. The molecule has 1 amide bonds. The molecule has 0 unspecified atom stereocenters. The van der Waals surface area contributed by atoms with Gasteiger partial charge in [0.1, 0.15) is 11.6 Å². The molecule has 2 aliphatic heterocycles. The van der Waals surface area contributed by atoms with E-state index in [0.29, 0.717) is 38.7 Å². The molecule has 8 heteroatoms. The Labute approximate surface area is 205 Å². The minimum atomic E-state index is 0.138. The van der Waals surface area contributed by atoms with Gasteiger partial charge in [-0.25, -0.2) is 4.98 Å². The maximum absolute atomic E-state index is 12.6. The van der Waals surface area contributed by atoms with Crippen molar-refractivity contribution in [1.82, 2.24) is 14.9 Å². The number of benzene rings is 2. The summed E-state index contributed by atoms with van der Waals surface area (Å²) in [5, 5.41) is 3.29. The quantitative estimate of drug-likeness (QED) is 0.553. The van der Waals surface area contributed by atoms with Crippen molar-refractivity contribution in [2.75, 3.05) is 43.1 Å². The van der Waals surface area contributed by atoms with Crippen molar-refractivity contribution in [1.29, 1.82) is 0 Å². The van der Waals surface area contributed by atoms with Crippen LogP contribution in [0, 0.1) is 0 Å². The van der Waals surface area contributed by atoms with Crippen LogP contribution < -0.4 is 15.0 Å². The zero-order valence-electron chi connectivity index (χ0n) is 20.2. The molecule has 3 heterocycles. The maximum atomic E-state index is 12.6. The van der Waals surface area contributed by atoms with Crippen molar-refractivity contribution in [2.45, 2.75) is 32.8 Å². The summed E-state index contributed by atoms with van der Waals surface area (Å²) in [7, 11) is 0. The number of anilines is 4. The second kappa shape index (κ2) is 10.3. The van der Waals surface area contributed by atoms with Crippen LogP contribution in [-0.2, 0) is 22.4 Å². The maximum Gasteiger partial charge on any atom is 0.229 e. The van der Waals surface area contributed by atoms with Gasteiger partial charge < -0.3 is 24.6 Å². The summed E-state index contributed by atoms with van der Waals surface area (Å²) in [6.45, 7) is 7.45. The van der Waals surface area contributed by atoms with Crippen molar-refractivity contribution in [3.05, 3.63) is 65.9 Å². The van der Waals surface area contributed by atoms with Gasteiger partial charge in [-0.15, -0.1) is 0 Å². The zero-order valence-corrected chi connectivity index (χ0v) is 20.2. The number of fused-ring (bicyclic) bond motifs is 1. The highest BCUT2D eigenvalue weighted by atomic mass is 16.5. The smallest absolute Gasteiger partial charge is 0.229 e. The summed E-state index contributed by atoms with van der Waals surface area (Å²) in [6.07, 6.45) is 3.34. The fourth-order valence-electron chi connectivity index (χ4n) is 4.37. The van der Waals surface area contributed by atoms with Crippen LogP contribution in [0.25, 0.3) is 0 Å². The van der Waals surface area contributed by atoms with E-state index >= 15 is 0 Å². The normalized spacial score (nSPS) is 15.3. The molecule has 1 fully saturated rings. The minimum Gasteiger partial charge on any atom is -0.491 e. The van der Waals surface area contributed by atoms with Crippen LogP contribution in [0.15, 0.2) is 54.7 Å². The number of rotatable bonds is 7. The van der Waals surface area contributed by atoms with Crippen molar-refractivity contribution in [3.63, 3.8) is 0 Å². The van der Waals surface area contributed by atoms with Gasteiger partial charge in [0.25, 0.3) is 0 Å². The summed E-state index contributed by atoms with van der Waals surface area (Å²) < 4.78 is 11.1. The van der Waals surface area contributed by atoms with Crippen LogP contribution in [0.5, 0.6) is 5.75 Å². The molecular weight excluding hydrogens is 442 g/mol. The zero-order chi connectivity index (χ0) is 24.2. The summed E-state index contributed by atoms with van der Waals surface area (Å²) >= 11 is 0. The molecule has 5 rings (SSSR count).